The number of benzene rings is 6. The predicted octanol–water partition coefficient (Wildman–Crippen LogP) is 38.3. The fourth-order valence-electron chi connectivity index (χ4n) is 13.7. The smallest absolute Gasteiger partial charge is 0.126 e. The van der Waals surface area contributed by atoms with Gasteiger partial charge in [-0.05, 0) is 348 Å². The van der Waals surface area contributed by atoms with Crippen molar-refractivity contribution in [2.24, 2.45) is 69.5 Å². The fraction of sp³-hybridized carbons (Fsp3) is 0.643. The van der Waals surface area contributed by atoms with E-state index in [-0.39, 0.29) is 11.9 Å². The average Bonchev–Trinajstić information content (AvgIpc) is 1.64. The number of piperidine rings is 1. The molecule has 6 aliphatic rings. The summed E-state index contributed by atoms with van der Waals surface area (Å²) in [7, 11) is 0. The molecule has 0 amide bonds. The number of pyridine rings is 1. The lowest BCUT2D eigenvalue weighted by Gasteiger charge is -2.34. The maximum atomic E-state index is 12.9. The minimum atomic E-state index is -0.101. The molecule has 14 rings (SSSR count). The highest BCUT2D eigenvalue weighted by Gasteiger charge is 2.44. The van der Waals surface area contributed by atoms with Crippen molar-refractivity contribution in [1.82, 2.24) is 19.4 Å². The van der Waals surface area contributed by atoms with Crippen LogP contribution in [0.3, 0.4) is 0 Å². The second-order valence-corrected chi connectivity index (χ2v) is 45.8. The van der Waals surface area contributed by atoms with Gasteiger partial charge in [0.05, 0.1) is 24.9 Å². The number of ether oxygens (including phenoxy) is 3. The highest BCUT2D eigenvalue weighted by Crippen LogP contribution is 2.54. The van der Waals surface area contributed by atoms with Crippen LogP contribution in [0.2, 0.25) is 5.02 Å². The molecule has 7 nitrogen and oxygen atoms in total. The van der Waals surface area contributed by atoms with Gasteiger partial charge in [-0.3, -0.25) is 4.98 Å². The van der Waals surface area contributed by atoms with Crippen molar-refractivity contribution in [3.63, 3.8) is 0 Å². The molecule has 2 unspecified atom stereocenters. The van der Waals surface area contributed by atoms with E-state index in [4.69, 9.17) is 25.8 Å². The molecule has 4 aliphatic carbocycles. The number of rotatable bonds is 22. The van der Waals surface area contributed by atoms with Crippen molar-refractivity contribution in [2.75, 3.05) is 32.8 Å². The number of likely N-dealkylation sites (tertiary alicyclic amines) is 2. The van der Waals surface area contributed by atoms with Gasteiger partial charge in [-0.25, -0.2) is 4.39 Å². The summed E-state index contributed by atoms with van der Waals surface area (Å²) >= 11 is 5.79. The summed E-state index contributed by atoms with van der Waals surface area (Å²) in [6.45, 7) is 90.5. The number of aryl methyl sites for hydroxylation is 1. The molecule has 0 N–H and O–H groups in total. The summed E-state index contributed by atoms with van der Waals surface area (Å²) in [4.78, 5) is 9.44. The van der Waals surface area contributed by atoms with E-state index in [9.17, 15) is 4.39 Å². The Morgan fingerprint density at radius 2 is 0.874 bits per heavy atom. The van der Waals surface area contributed by atoms with E-state index in [1.807, 2.05) is 149 Å². The highest BCUT2D eigenvalue weighted by atomic mass is 35.5. The molecule has 1 spiro atoms. The quantitative estimate of drug-likeness (QED) is 0.0674. The maximum absolute atomic E-state index is 12.9. The van der Waals surface area contributed by atoms with E-state index in [0.29, 0.717) is 52.8 Å². The Kier molecular flexibility index (Phi) is 69.4. The first-order valence-corrected chi connectivity index (χ1v) is 53.9. The Labute approximate surface area is 840 Å². The van der Waals surface area contributed by atoms with E-state index < -0.39 is 0 Å². The van der Waals surface area contributed by atoms with E-state index in [2.05, 4.69) is 333 Å². The van der Waals surface area contributed by atoms with Crippen LogP contribution < -0.4 is 4.74 Å². The van der Waals surface area contributed by atoms with Crippen molar-refractivity contribution >= 4 is 11.6 Å². The Morgan fingerprint density at radius 3 is 1.19 bits per heavy atom. The average molecular weight is 1880 g/mol. The standard InChI is InChI=1S/C10H13F.2C10H19N.C10H14O.C10H14.C9H11Cl.C9H12O.C9H12.C8H11N.C8H18.C7H11N.C7H14O.C7H14.C7H16.C5H12/c1-7(2)9-5-4-8(3)10(11)6-9;1-9(2)11-7-5-10(3-4-10)6-8-11;1-8(2)11-6-9-4-3-5-10(9)7-11;1-9(2)11-8-10-6-4-3-5-7-10;1-9(2)8-10-6-4-3-5-7-10;1-7(2)8-4-3-5-9(10)6-8;1-8(2)10-9-6-4-3-5-7-9;1-8(2)9-6-4-3-5-7-9;1-7(2)8-5-3-4-6-9-8;1-6-8(4,5)7(2)3;1-7(2)8-5-3-4-6-8;1-6(2)8-5-7-3-4-7;1-6(2)5-7-3-4-7;1-6(2)7(3,4)5;1-4-5(2)3/h4-7H,1-3H3;9H,3-8H2,1-2H3;8-10H,3-7H2,1-2H3;3-7,9H,8H2,1-2H3;3-7,9H,8H2,1-2H3;3-7H,1-2H3;3-8H,1-2H3;3-8H,1-2H3;3-7H,1-2H3;7H,6H2,1-5H3;3-7H,1-2H3;6-7H,3-5H2,1-2H3;6-7H,3-5H2,1-2H3;6H,1-5H3;5H,4H2,1-3H3. The largest absolute Gasteiger partial charge is 0.491 e. The summed E-state index contributed by atoms with van der Waals surface area (Å²) in [6, 6.07) is 66.8. The van der Waals surface area contributed by atoms with Crippen LogP contribution in [0.1, 0.15) is 415 Å². The second kappa shape index (κ2) is 72.8. The van der Waals surface area contributed by atoms with Crippen LogP contribution in [0.5, 0.6) is 5.75 Å². The fourth-order valence-corrected chi connectivity index (χ4v) is 13.9. The zero-order valence-corrected chi connectivity index (χ0v) is 95.1. The Hall–Kier alpha value is -6.39. The number of para-hydroxylation sites is 1. The van der Waals surface area contributed by atoms with Crippen molar-refractivity contribution in [2.45, 2.75) is 426 Å². The number of aromatic nitrogens is 2. The minimum absolute atomic E-state index is 0.101. The van der Waals surface area contributed by atoms with Crippen LogP contribution in [0, 0.1) is 82.2 Å². The third-order valence-corrected chi connectivity index (χ3v) is 26.5. The third-order valence-electron chi connectivity index (χ3n) is 26.3. The molecular weight excluding hydrogens is 1670 g/mol. The number of nitrogens with zero attached hydrogens (tertiary/aromatic N) is 4. The minimum Gasteiger partial charge on any atom is -0.491 e. The SMILES string of the molecule is CC(C)C(C)(C)C.CC(C)CC1CC1.CC(C)Cc1ccccc1.CC(C)N1CC2CCCC2C1.CC(C)N1CCC2(CC1)CC2.CC(C)OCC1CC1.CC(C)OCc1ccccc1.CC(C)Oc1ccccc1.CC(C)c1cccc(Cl)c1.CC(C)c1ccccc1.CC(C)c1ccccn1.CC(C)n1cccc1.CCC(C)(C)C(C)C.CCC(C)C.Cc1ccc(C(C)C)cc1F. The van der Waals surface area contributed by atoms with E-state index in [0.717, 1.165) is 112 Å². The molecule has 2 aromatic heterocycles. The second-order valence-electron chi connectivity index (χ2n) is 45.3. The van der Waals surface area contributed by atoms with E-state index >= 15 is 0 Å². The van der Waals surface area contributed by atoms with Crippen LogP contribution in [-0.2, 0) is 22.5 Å². The lowest BCUT2D eigenvalue weighted by atomic mass is 9.79. The van der Waals surface area contributed by atoms with Gasteiger partial charge in [0.25, 0.3) is 0 Å². The van der Waals surface area contributed by atoms with E-state index in [1.54, 1.807) is 13.0 Å². The first kappa shape index (κ1) is 129. The van der Waals surface area contributed by atoms with Crippen molar-refractivity contribution in [3.05, 3.63) is 263 Å². The third kappa shape index (κ3) is 68.4. The molecule has 6 fully saturated rings. The van der Waals surface area contributed by atoms with Gasteiger partial charge in [0.15, 0.2) is 0 Å². The molecule has 4 saturated carbocycles. The summed E-state index contributed by atoms with van der Waals surface area (Å²) in [6.07, 6.45) is 28.6. The summed E-state index contributed by atoms with van der Waals surface area (Å²) < 4.78 is 31.3. The maximum Gasteiger partial charge on any atom is 0.126 e. The number of fused-ring (bicyclic) bond motifs is 1. The van der Waals surface area contributed by atoms with E-state index in [1.165, 1.54) is 145 Å². The molecular formula is C126H210ClFN4O3. The van der Waals surface area contributed by atoms with Crippen LogP contribution in [0.25, 0.3) is 0 Å². The summed E-state index contributed by atoms with van der Waals surface area (Å²) in [5.41, 5.74) is 10.2. The highest BCUT2D eigenvalue weighted by molar-refractivity contribution is 6.30. The molecule has 8 aromatic rings. The molecule has 0 radical (unpaired) electrons. The number of hydrogen-bond donors (Lipinski definition) is 0. The number of hydrogen-bond acceptors (Lipinski definition) is 6. The van der Waals surface area contributed by atoms with Gasteiger partial charge < -0.3 is 28.6 Å². The first-order valence-electron chi connectivity index (χ1n) is 53.5. The van der Waals surface area contributed by atoms with Gasteiger partial charge in [-0.15, -0.1) is 0 Å². The van der Waals surface area contributed by atoms with Crippen molar-refractivity contribution in [3.8, 4) is 5.75 Å². The van der Waals surface area contributed by atoms with Crippen molar-refractivity contribution < 1.29 is 18.6 Å². The van der Waals surface area contributed by atoms with Gasteiger partial charge in [0, 0.05) is 67.1 Å². The summed E-state index contributed by atoms with van der Waals surface area (Å²) in [5, 5.41) is 0.825. The molecule has 0 bridgehead atoms. The predicted molar refractivity (Wildman–Crippen MR) is 597 cm³/mol. The van der Waals surface area contributed by atoms with Crippen LogP contribution in [-0.4, -0.2) is 82.5 Å². The van der Waals surface area contributed by atoms with Gasteiger partial charge in [-0.1, -0.05) is 356 Å². The first-order chi connectivity index (χ1) is 63.4. The van der Waals surface area contributed by atoms with Gasteiger partial charge >= 0.3 is 0 Å². The van der Waals surface area contributed by atoms with Gasteiger partial charge in [0.2, 0.25) is 0 Å². The molecule has 6 aromatic carbocycles. The molecule has 9 heteroatoms. The molecule has 4 heterocycles. The monoisotopic (exact) mass is 1880 g/mol. The lowest BCUT2D eigenvalue weighted by Crippen LogP contribution is -2.38. The van der Waals surface area contributed by atoms with Gasteiger partial charge in [-0.2, -0.15) is 0 Å². The Bertz CT molecular complexity index is 3890. The lowest BCUT2D eigenvalue weighted by molar-refractivity contribution is 0.0657. The molecule has 2 atom stereocenters. The zero-order valence-electron chi connectivity index (χ0n) is 94.3. The molecule has 766 valence electrons. The van der Waals surface area contributed by atoms with Crippen LogP contribution in [0.15, 0.2) is 213 Å². The number of halogens is 2. The van der Waals surface area contributed by atoms with Crippen LogP contribution in [0.4, 0.5) is 4.39 Å². The molecule has 2 saturated heterocycles. The molecule has 135 heavy (non-hydrogen) atoms. The summed E-state index contributed by atoms with van der Waals surface area (Å²) in [5.74, 6) is 11.4. The van der Waals surface area contributed by atoms with Gasteiger partial charge in [0.1, 0.15) is 11.6 Å². The Balaban J connectivity index is 0.00000143. The normalized spacial score (nSPS) is 15.5. The van der Waals surface area contributed by atoms with Crippen molar-refractivity contribution in [1.29, 1.82) is 0 Å². The topological polar surface area (TPSA) is 52.0 Å². The zero-order chi connectivity index (χ0) is 102. The van der Waals surface area contributed by atoms with Crippen LogP contribution >= 0.6 is 11.6 Å². The molecule has 2 aliphatic heterocycles. The Morgan fingerprint density at radius 1 is 0.430 bits per heavy atom.